The van der Waals surface area contributed by atoms with Crippen LogP contribution in [0.5, 0.6) is 0 Å². The van der Waals surface area contributed by atoms with E-state index in [9.17, 15) is 22.8 Å². The molecule has 5 nitrogen and oxygen atoms in total. The summed E-state index contributed by atoms with van der Waals surface area (Å²) >= 11 is 0. The Morgan fingerprint density at radius 3 is 2.33 bits per heavy atom. The highest BCUT2D eigenvalue weighted by atomic mass is 19.4. The number of anilines is 1. The number of alkyl halides is 3. The molecule has 0 aliphatic rings. The van der Waals surface area contributed by atoms with Crippen molar-refractivity contribution in [2.24, 2.45) is 5.73 Å². The predicted octanol–water partition coefficient (Wildman–Crippen LogP) is 1.30. The molecule has 8 heteroatoms. The Labute approximate surface area is 99.4 Å². The van der Waals surface area contributed by atoms with Crippen LogP contribution in [0.25, 0.3) is 0 Å². The van der Waals surface area contributed by atoms with Gasteiger partial charge < -0.3 is 16.2 Å². The molecule has 0 radical (unpaired) electrons. The van der Waals surface area contributed by atoms with Gasteiger partial charge in [0, 0.05) is 5.69 Å². The Balaban J connectivity index is 3.22. The lowest BCUT2D eigenvalue weighted by molar-refractivity contribution is -0.137. The molecule has 1 aromatic carbocycles. The van der Waals surface area contributed by atoms with Crippen molar-refractivity contribution in [1.82, 2.24) is 0 Å². The second-order valence-electron chi connectivity index (χ2n) is 3.35. The minimum absolute atomic E-state index is 0.266. The number of carboxylic acid groups (broad SMARTS) is 1. The fourth-order valence-corrected chi connectivity index (χ4v) is 1.20. The number of halogens is 3. The fourth-order valence-electron chi connectivity index (χ4n) is 1.20. The molecule has 1 aromatic rings. The summed E-state index contributed by atoms with van der Waals surface area (Å²) in [7, 11) is 0. The maximum atomic E-state index is 12.5. The Morgan fingerprint density at radius 1 is 1.28 bits per heavy atom. The molecule has 0 atom stereocenters. The number of aromatic carboxylic acids is 1. The zero-order valence-corrected chi connectivity index (χ0v) is 8.91. The number of benzene rings is 1. The van der Waals surface area contributed by atoms with Crippen LogP contribution in [-0.2, 0) is 11.0 Å². The molecule has 0 fully saturated rings. The molecule has 4 N–H and O–H groups in total. The van der Waals surface area contributed by atoms with Gasteiger partial charge in [-0.1, -0.05) is 0 Å². The molecule has 0 aromatic heterocycles. The summed E-state index contributed by atoms with van der Waals surface area (Å²) in [5.74, 6) is -2.24. The van der Waals surface area contributed by atoms with Gasteiger partial charge in [-0.2, -0.15) is 13.2 Å². The van der Waals surface area contributed by atoms with Crippen LogP contribution in [0.3, 0.4) is 0 Å². The van der Waals surface area contributed by atoms with Gasteiger partial charge in [0.15, 0.2) is 0 Å². The first kappa shape index (κ1) is 14.0. The van der Waals surface area contributed by atoms with E-state index in [-0.39, 0.29) is 5.69 Å². The molecule has 0 heterocycles. The van der Waals surface area contributed by atoms with Gasteiger partial charge >= 0.3 is 12.1 Å². The van der Waals surface area contributed by atoms with Crippen molar-refractivity contribution in [3.63, 3.8) is 0 Å². The minimum atomic E-state index is -4.70. The second-order valence-corrected chi connectivity index (χ2v) is 3.35. The number of hydrogen-bond acceptors (Lipinski definition) is 3. The Morgan fingerprint density at radius 2 is 1.89 bits per heavy atom. The Kier molecular flexibility index (Phi) is 3.92. The maximum absolute atomic E-state index is 12.5. The normalized spacial score (nSPS) is 11.1. The van der Waals surface area contributed by atoms with E-state index in [4.69, 9.17) is 10.8 Å². The SMILES string of the molecule is NCC(=O)Nc1cc(C(=O)O)cc(C(F)(F)F)c1. The van der Waals surface area contributed by atoms with Crippen molar-refractivity contribution in [3.05, 3.63) is 29.3 Å². The van der Waals surface area contributed by atoms with E-state index in [1.807, 2.05) is 0 Å². The number of nitrogens with one attached hydrogen (secondary N) is 1. The lowest BCUT2D eigenvalue weighted by Crippen LogP contribution is -2.22. The first-order chi connectivity index (χ1) is 8.24. The van der Waals surface area contributed by atoms with Crippen LogP contribution >= 0.6 is 0 Å². The van der Waals surface area contributed by atoms with Crippen LogP contribution in [0.2, 0.25) is 0 Å². The highest BCUT2D eigenvalue weighted by Gasteiger charge is 2.32. The van der Waals surface area contributed by atoms with Crippen molar-refractivity contribution < 1.29 is 27.9 Å². The largest absolute Gasteiger partial charge is 0.478 e. The third kappa shape index (κ3) is 3.45. The smallest absolute Gasteiger partial charge is 0.416 e. The molecule has 98 valence electrons. The van der Waals surface area contributed by atoms with Crippen LogP contribution in [-0.4, -0.2) is 23.5 Å². The van der Waals surface area contributed by atoms with E-state index < -0.39 is 35.7 Å². The van der Waals surface area contributed by atoms with E-state index in [0.717, 1.165) is 6.07 Å². The van der Waals surface area contributed by atoms with Crippen LogP contribution in [0.15, 0.2) is 18.2 Å². The van der Waals surface area contributed by atoms with Crippen molar-refractivity contribution in [2.45, 2.75) is 6.18 Å². The third-order valence-electron chi connectivity index (χ3n) is 1.98. The number of carboxylic acids is 1. The molecule has 1 rings (SSSR count). The van der Waals surface area contributed by atoms with E-state index in [0.29, 0.717) is 12.1 Å². The standard InChI is InChI=1S/C10H9F3N2O3/c11-10(12,13)6-1-5(9(17)18)2-7(3-6)15-8(16)4-14/h1-3H,4,14H2,(H,15,16)(H,17,18). The van der Waals surface area contributed by atoms with Gasteiger partial charge in [0.25, 0.3) is 0 Å². The summed E-state index contributed by atoms with van der Waals surface area (Å²) in [4.78, 5) is 21.6. The monoisotopic (exact) mass is 262 g/mol. The molecule has 0 bridgehead atoms. The molecule has 0 saturated carbocycles. The van der Waals surface area contributed by atoms with E-state index in [1.165, 1.54) is 0 Å². The molecule has 0 saturated heterocycles. The first-order valence-corrected chi connectivity index (χ1v) is 4.69. The van der Waals surface area contributed by atoms with Crippen LogP contribution in [0.4, 0.5) is 18.9 Å². The summed E-state index contributed by atoms with van der Waals surface area (Å²) in [6.45, 7) is -0.418. The summed E-state index contributed by atoms with van der Waals surface area (Å²) in [5, 5.41) is 10.8. The number of hydrogen-bond donors (Lipinski definition) is 3. The van der Waals surface area contributed by atoms with E-state index >= 15 is 0 Å². The molecule has 0 spiro atoms. The zero-order valence-electron chi connectivity index (χ0n) is 8.91. The Bertz CT molecular complexity index is 486. The van der Waals surface area contributed by atoms with Gasteiger partial charge in [-0.05, 0) is 18.2 Å². The van der Waals surface area contributed by atoms with Gasteiger partial charge in [-0.15, -0.1) is 0 Å². The first-order valence-electron chi connectivity index (χ1n) is 4.69. The lowest BCUT2D eigenvalue weighted by atomic mass is 10.1. The number of carbonyl (C=O) groups excluding carboxylic acids is 1. The molecular weight excluding hydrogens is 253 g/mol. The molecular formula is C10H9F3N2O3. The number of carbonyl (C=O) groups is 2. The quantitative estimate of drug-likeness (QED) is 0.765. The summed E-state index contributed by atoms with van der Waals surface area (Å²) < 4.78 is 37.5. The lowest BCUT2D eigenvalue weighted by Gasteiger charge is -2.11. The summed E-state index contributed by atoms with van der Waals surface area (Å²) in [5.41, 5.74) is 3.00. The van der Waals surface area contributed by atoms with Gasteiger partial charge in [0.1, 0.15) is 0 Å². The molecule has 18 heavy (non-hydrogen) atoms. The van der Waals surface area contributed by atoms with Crippen LogP contribution in [0.1, 0.15) is 15.9 Å². The Hall–Kier alpha value is -2.09. The number of amides is 1. The minimum Gasteiger partial charge on any atom is -0.478 e. The second kappa shape index (κ2) is 5.05. The average Bonchev–Trinajstić information content (AvgIpc) is 2.27. The van der Waals surface area contributed by atoms with Crippen LogP contribution in [0, 0.1) is 0 Å². The molecule has 0 unspecified atom stereocenters. The van der Waals surface area contributed by atoms with E-state index in [1.54, 1.807) is 0 Å². The van der Waals surface area contributed by atoms with Crippen molar-refractivity contribution in [3.8, 4) is 0 Å². The topological polar surface area (TPSA) is 92.4 Å². The summed E-state index contributed by atoms with van der Waals surface area (Å²) in [6.07, 6.45) is -4.70. The maximum Gasteiger partial charge on any atom is 0.416 e. The number of rotatable bonds is 3. The zero-order chi connectivity index (χ0) is 13.9. The predicted molar refractivity (Wildman–Crippen MR) is 56.1 cm³/mol. The van der Waals surface area contributed by atoms with Gasteiger partial charge in [0.05, 0.1) is 17.7 Å². The van der Waals surface area contributed by atoms with Gasteiger partial charge in [-0.25, -0.2) is 4.79 Å². The highest BCUT2D eigenvalue weighted by Crippen LogP contribution is 2.32. The van der Waals surface area contributed by atoms with Gasteiger partial charge in [0.2, 0.25) is 5.91 Å². The fraction of sp³-hybridized carbons (Fsp3) is 0.200. The van der Waals surface area contributed by atoms with Crippen molar-refractivity contribution in [1.29, 1.82) is 0 Å². The summed E-state index contributed by atoms with van der Waals surface area (Å²) in [6, 6.07) is 2.05. The molecule has 1 amide bonds. The number of nitrogens with two attached hydrogens (primary N) is 1. The van der Waals surface area contributed by atoms with E-state index in [2.05, 4.69) is 5.32 Å². The third-order valence-corrected chi connectivity index (χ3v) is 1.98. The highest BCUT2D eigenvalue weighted by molar-refractivity contribution is 5.95. The van der Waals surface area contributed by atoms with Crippen molar-refractivity contribution >= 4 is 17.6 Å². The van der Waals surface area contributed by atoms with Gasteiger partial charge in [-0.3, -0.25) is 4.79 Å². The van der Waals surface area contributed by atoms with Crippen molar-refractivity contribution in [2.75, 3.05) is 11.9 Å². The molecule has 0 aliphatic heterocycles. The van der Waals surface area contributed by atoms with Crippen LogP contribution < -0.4 is 11.1 Å². The molecule has 0 aliphatic carbocycles. The average molecular weight is 262 g/mol.